The Morgan fingerprint density at radius 3 is 2.19 bits per heavy atom. The number of carbonyl (C=O) groups excluding carboxylic acids is 2. The predicted molar refractivity (Wildman–Crippen MR) is 105 cm³/mol. The average Bonchev–Trinajstić information content (AvgIpc) is 2.59. The first kappa shape index (κ1) is 20.3. The van der Waals surface area contributed by atoms with E-state index in [1.54, 1.807) is 18.2 Å². The third kappa shape index (κ3) is 6.04. The molecular weight excluding hydrogens is 371 g/mol. The second-order valence-corrected chi connectivity index (χ2v) is 6.97. The van der Waals surface area contributed by atoms with Crippen LogP contribution in [0.5, 0.6) is 0 Å². The van der Waals surface area contributed by atoms with Gasteiger partial charge in [0.25, 0.3) is 0 Å². The summed E-state index contributed by atoms with van der Waals surface area (Å²) in [6, 6.07) is 14.0. The molecule has 0 radical (unpaired) electrons. The van der Waals surface area contributed by atoms with Crippen LogP contribution >= 0.6 is 23.2 Å². The Balaban J connectivity index is 2.10. The molecule has 2 unspecified atom stereocenters. The standard InChI is InChI=1S/C20H22Cl2N2O2/c1-3-18(15-5-4-6-17(22)11-15)24-20(26)12-19(23-13(2)25)14-7-9-16(21)10-8-14/h4-11,18-19H,3,12H2,1-2H3,(H,23,25)(H,24,26). The van der Waals surface area contributed by atoms with Gasteiger partial charge in [0.05, 0.1) is 18.5 Å². The number of hydrogen-bond donors (Lipinski definition) is 2. The molecule has 2 N–H and O–H groups in total. The molecule has 2 atom stereocenters. The first-order valence-electron chi connectivity index (χ1n) is 8.46. The summed E-state index contributed by atoms with van der Waals surface area (Å²) in [5, 5.41) is 7.08. The van der Waals surface area contributed by atoms with E-state index in [0.717, 1.165) is 17.5 Å². The van der Waals surface area contributed by atoms with Crippen LogP contribution in [0.4, 0.5) is 0 Å². The van der Waals surface area contributed by atoms with E-state index in [9.17, 15) is 9.59 Å². The van der Waals surface area contributed by atoms with E-state index >= 15 is 0 Å². The third-order valence-corrected chi connectivity index (χ3v) is 4.52. The molecule has 4 nitrogen and oxygen atoms in total. The van der Waals surface area contributed by atoms with Gasteiger partial charge in [-0.15, -0.1) is 0 Å². The number of hydrogen-bond acceptors (Lipinski definition) is 2. The second kappa shape index (κ2) is 9.60. The lowest BCUT2D eigenvalue weighted by molar-refractivity contribution is -0.123. The molecule has 26 heavy (non-hydrogen) atoms. The lowest BCUT2D eigenvalue weighted by Crippen LogP contribution is -2.34. The number of amides is 2. The molecule has 0 spiro atoms. The molecule has 2 amide bonds. The van der Waals surface area contributed by atoms with Gasteiger partial charge in [0, 0.05) is 17.0 Å². The Hall–Kier alpha value is -2.04. The Morgan fingerprint density at radius 2 is 1.62 bits per heavy atom. The van der Waals surface area contributed by atoms with Gasteiger partial charge >= 0.3 is 0 Å². The zero-order valence-electron chi connectivity index (χ0n) is 14.8. The second-order valence-electron chi connectivity index (χ2n) is 6.09. The summed E-state index contributed by atoms with van der Waals surface area (Å²) in [4.78, 5) is 24.1. The molecule has 0 aliphatic rings. The first-order chi connectivity index (χ1) is 12.4. The molecule has 0 bridgehead atoms. The van der Waals surface area contributed by atoms with E-state index in [-0.39, 0.29) is 24.3 Å². The van der Waals surface area contributed by atoms with Crippen LogP contribution in [0.25, 0.3) is 0 Å². The van der Waals surface area contributed by atoms with E-state index in [1.807, 2.05) is 37.3 Å². The summed E-state index contributed by atoms with van der Waals surface area (Å²) >= 11 is 12.0. The fraction of sp³-hybridized carbons (Fsp3) is 0.300. The van der Waals surface area contributed by atoms with Crippen LogP contribution in [0.15, 0.2) is 48.5 Å². The van der Waals surface area contributed by atoms with Crippen LogP contribution in [0, 0.1) is 0 Å². The van der Waals surface area contributed by atoms with Crippen molar-refractivity contribution in [3.63, 3.8) is 0 Å². The van der Waals surface area contributed by atoms with Crippen molar-refractivity contribution in [2.24, 2.45) is 0 Å². The van der Waals surface area contributed by atoms with Gasteiger partial charge in [-0.1, -0.05) is 54.4 Å². The first-order valence-corrected chi connectivity index (χ1v) is 9.22. The van der Waals surface area contributed by atoms with Crippen molar-refractivity contribution in [1.29, 1.82) is 0 Å². The monoisotopic (exact) mass is 392 g/mol. The van der Waals surface area contributed by atoms with Crippen molar-refractivity contribution in [2.45, 2.75) is 38.8 Å². The predicted octanol–water partition coefficient (Wildman–Crippen LogP) is 4.83. The summed E-state index contributed by atoms with van der Waals surface area (Å²) < 4.78 is 0. The van der Waals surface area contributed by atoms with Crippen molar-refractivity contribution in [2.75, 3.05) is 0 Å². The molecule has 0 heterocycles. The Morgan fingerprint density at radius 1 is 0.923 bits per heavy atom. The molecule has 2 aromatic carbocycles. The minimum absolute atomic E-state index is 0.135. The van der Waals surface area contributed by atoms with E-state index in [2.05, 4.69) is 10.6 Å². The molecule has 2 rings (SSSR count). The van der Waals surface area contributed by atoms with Crippen molar-refractivity contribution in [3.8, 4) is 0 Å². The smallest absolute Gasteiger partial charge is 0.222 e. The van der Waals surface area contributed by atoms with Gasteiger partial charge in [-0.25, -0.2) is 0 Å². The van der Waals surface area contributed by atoms with Crippen molar-refractivity contribution in [3.05, 3.63) is 69.7 Å². The van der Waals surface area contributed by atoms with Crippen LogP contribution < -0.4 is 10.6 Å². The average molecular weight is 393 g/mol. The maximum Gasteiger partial charge on any atom is 0.222 e. The SMILES string of the molecule is CCC(NC(=O)CC(NC(C)=O)c1ccc(Cl)cc1)c1cccc(Cl)c1. The Kier molecular flexibility index (Phi) is 7.49. The van der Waals surface area contributed by atoms with Crippen molar-refractivity contribution >= 4 is 35.0 Å². The van der Waals surface area contributed by atoms with Crippen LogP contribution in [0.3, 0.4) is 0 Å². The molecule has 0 aliphatic heterocycles. The van der Waals surface area contributed by atoms with E-state index in [4.69, 9.17) is 23.2 Å². The highest BCUT2D eigenvalue weighted by atomic mass is 35.5. The largest absolute Gasteiger partial charge is 0.349 e. The molecule has 6 heteroatoms. The van der Waals surface area contributed by atoms with E-state index < -0.39 is 6.04 Å². The van der Waals surface area contributed by atoms with Crippen molar-refractivity contribution in [1.82, 2.24) is 10.6 Å². The third-order valence-electron chi connectivity index (χ3n) is 4.03. The van der Waals surface area contributed by atoms with Gasteiger partial charge in [0.1, 0.15) is 0 Å². The maximum atomic E-state index is 12.6. The molecule has 0 saturated carbocycles. The minimum atomic E-state index is -0.415. The van der Waals surface area contributed by atoms with Gasteiger partial charge in [0.15, 0.2) is 0 Å². The van der Waals surface area contributed by atoms with E-state index in [0.29, 0.717) is 10.0 Å². The van der Waals surface area contributed by atoms with Crippen molar-refractivity contribution < 1.29 is 9.59 Å². The molecule has 0 saturated heterocycles. The lowest BCUT2D eigenvalue weighted by atomic mass is 10.0. The summed E-state index contributed by atoms with van der Waals surface area (Å²) in [6.45, 7) is 3.43. The van der Waals surface area contributed by atoms with Gasteiger partial charge in [0.2, 0.25) is 11.8 Å². The van der Waals surface area contributed by atoms with Crippen LogP contribution in [-0.2, 0) is 9.59 Å². The summed E-state index contributed by atoms with van der Waals surface area (Å²) in [6.07, 6.45) is 0.871. The van der Waals surface area contributed by atoms with Crippen LogP contribution in [-0.4, -0.2) is 11.8 Å². The highest BCUT2D eigenvalue weighted by Gasteiger charge is 2.20. The summed E-state index contributed by atoms with van der Waals surface area (Å²) in [5.74, 6) is -0.342. The molecule has 0 aliphatic carbocycles. The molecule has 2 aromatic rings. The minimum Gasteiger partial charge on any atom is -0.349 e. The van der Waals surface area contributed by atoms with Crippen LogP contribution in [0.1, 0.15) is 49.9 Å². The summed E-state index contributed by atoms with van der Waals surface area (Å²) in [7, 11) is 0. The molecule has 138 valence electrons. The fourth-order valence-electron chi connectivity index (χ4n) is 2.78. The maximum absolute atomic E-state index is 12.6. The highest BCUT2D eigenvalue weighted by Crippen LogP contribution is 2.23. The van der Waals surface area contributed by atoms with Gasteiger partial charge in [-0.3, -0.25) is 9.59 Å². The number of nitrogens with one attached hydrogen (secondary N) is 2. The topological polar surface area (TPSA) is 58.2 Å². The van der Waals surface area contributed by atoms with Gasteiger partial charge < -0.3 is 10.6 Å². The zero-order valence-corrected chi connectivity index (χ0v) is 16.3. The normalized spacial score (nSPS) is 12.9. The zero-order chi connectivity index (χ0) is 19.1. The Labute approximate surface area is 163 Å². The van der Waals surface area contributed by atoms with E-state index in [1.165, 1.54) is 6.92 Å². The highest BCUT2D eigenvalue weighted by molar-refractivity contribution is 6.30. The summed E-state index contributed by atoms with van der Waals surface area (Å²) in [5.41, 5.74) is 1.78. The molecule has 0 aromatic heterocycles. The lowest BCUT2D eigenvalue weighted by Gasteiger charge is -2.22. The number of halogens is 2. The van der Waals surface area contributed by atoms with Crippen LogP contribution in [0.2, 0.25) is 10.0 Å². The Bertz CT molecular complexity index is 763. The number of benzene rings is 2. The fourth-order valence-corrected chi connectivity index (χ4v) is 3.10. The van der Waals surface area contributed by atoms with Gasteiger partial charge in [-0.05, 0) is 41.8 Å². The number of rotatable bonds is 7. The van der Waals surface area contributed by atoms with Gasteiger partial charge in [-0.2, -0.15) is 0 Å². The quantitative estimate of drug-likeness (QED) is 0.708. The number of carbonyl (C=O) groups is 2. The molecule has 0 fully saturated rings. The molecular formula is C20H22Cl2N2O2.